The lowest BCUT2D eigenvalue weighted by atomic mass is 10.1. The highest BCUT2D eigenvalue weighted by atomic mass is 32.2. The molecule has 0 aliphatic rings. The molecule has 0 aliphatic carbocycles. The Morgan fingerprint density at radius 3 is 2.24 bits per heavy atom. The van der Waals surface area contributed by atoms with E-state index in [1.54, 1.807) is 36.4 Å². The second-order valence-electron chi connectivity index (χ2n) is 8.30. The van der Waals surface area contributed by atoms with Gasteiger partial charge in [0.15, 0.2) is 0 Å². The summed E-state index contributed by atoms with van der Waals surface area (Å²) in [6.07, 6.45) is 2.27. The Labute approximate surface area is 197 Å². The molecule has 0 saturated carbocycles. The van der Waals surface area contributed by atoms with Crippen molar-refractivity contribution in [1.82, 2.24) is 5.32 Å². The number of amides is 1. The lowest BCUT2D eigenvalue weighted by Gasteiger charge is -2.27. The molecule has 0 aliphatic heterocycles. The van der Waals surface area contributed by atoms with Gasteiger partial charge < -0.3 is 5.32 Å². The molecule has 0 bridgehead atoms. The number of nitrogens with zero attached hydrogens (tertiary/aromatic N) is 1. The van der Waals surface area contributed by atoms with Crippen molar-refractivity contribution in [3.63, 3.8) is 0 Å². The number of aryl methyl sites for hydroxylation is 3. The Morgan fingerprint density at radius 1 is 0.939 bits per heavy atom. The second kappa shape index (κ2) is 11.1. The van der Waals surface area contributed by atoms with Crippen LogP contribution in [0.4, 0.5) is 5.69 Å². The summed E-state index contributed by atoms with van der Waals surface area (Å²) < 4.78 is 28.4. The molecule has 0 spiro atoms. The van der Waals surface area contributed by atoms with Crippen molar-refractivity contribution in [2.45, 2.75) is 51.0 Å². The third kappa shape index (κ3) is 6.45. The third-order valence-corrected chi connectivity index (χ3v) is 7.43. The molecule has 5 nitrogen and oxygen atoms in total. The van der Waals surface area contributed by atoms with Crippen molar-refractivity contribution in [2.24, 2.45) is 0 Å². The van der Waals surface area contributed by atoms with Crippen molar-refractivity contribution in [3.8, 4) is 0 Å². The van der Waals surface area contributed by atoms with E-state index in [0.29, 0.717) is 12.1 Å². The number of hydrogen-bond donors (Lipinski definition) is 1. The highest BCUT2D eigenvalue weighted by molar-refractivity contribution is 7.92. The Kier molecular flexibility index (Phi) is 8.28. The van der Waals surface area contributed by atoms with E-state index in [1.807, 2.05) is 51.1 Å². The molecule has 0 heterocycles. The average molecular weight is 465 g/mol. The van der Waals surface area contributed by atoms with Gasteiger partial charge in [-0.05, 0) is 62.4 Å². The number of nitrogens with one attached hydrogen (secondary N) is 1. The highest BCUT2D eigenvalue weighted by Gasteiger charge is 2.28. The van der Waals surface area contributed by atoms with Crippen LogP contribution in [0.1, 0.15) is 37.0 Å². The summed E-state index contributed by atoms with van der Waals surface area (Å²) in [5.41, 5.74) is 3.59. The molecule has 6 heteroatoms. The zero-order valence-corrected chi connectivity index (χ0v) is 20.3. The van der Waals surface area contributed by atoms with Gasteiger partial charge in [-0.1, -0.05) is 73.2 Å². The van der Waals surface area contributed by atoms with E-state index in [4.69, 9.17) is 0 Å². The van der Waals surface area contributed by atoms with Crippen molar-refractivity contribution >= 4 is 21.6 Å². The third-order valence-electron chi connectivity index (χ3n) is 5.65. The molecule has 3 rings (SSSR count). The van der Waals surface area contributed by atoms with E-state index in [-0.39, 0.29) is 23.4 Å². The van der Waals surface area contributed by atoms with Crippen LogP contribution in [0.15, 0.2) is 83.8 Å². The van der Waals surface area contributed by atoms with Crippen LogP contribution in [0.5, 0.6) is 0 Å². The number of para-hydroxylation sites is 1. The first-order valence-electron chi connectivity index (χ1n) is 11.3. The van der Waals surface area contributed by atoms with Gasteiger partial charge in [-0.25, -0.2) is 8.42 Å². The predicted octanol–water partition coefficient (Wildman–Crippen LogP) is 4.89. The van der Waals surface area contributed by atoms with Crippen LogP contribution in [-0.4, -0.2) is 26.9 Å². The highest BCUT2D eigenvalue weighted by Crippen LogP contribution is 2.27. The number of hydrogen-bond acceptors (Lipinski definition) is 3. The van der Waals surface area contributed by atoms with Crippen molar-refractivity contribution < 1.29 is 13.2 Å². The van der Waals surface area contributed by atoms with E-state index in [9.17, 15) is 13.2 Å². The van der Waals surface area contributed by atoms with Crippen LogP contribution >= 0.6 is 0 Å². The van der Waals surface area contributed by atoms with Gasteiger partial charge in [-0.3, -0.25) is 9.10 Å². The summed E-state index contributed by atoms with van der Waals surface area (Å²) in [7, 11) is -3.92. The number of rotatable bonds is 10. The van der Waals surface area contributed by atoms with Crippen LogP contribution < -0.4 is 9.62 Å². The minimum absolute atomic E-state index is 0.0805. The number of benzene rings is 3. The van der Waals surface area contributed by atoms with Gasteiger partial charge >= 0.3 is 0 Å². The van der Waals surface area contributed by atoms with Crippen LogP contribution in [0, 0.1) is 6.92 Å². The van der Waals surface area contributed by atoms with Crippen LogP contribution in [0.3, 0.4) is 0 Å². The first kappa shape index (κ1) is 24.5. The summed E-state index contributed by atoms with van der Waals surface area (Å²) >= 11 is 0. The summed E-state index contributed by atoms with van der Waals surface area (Å²) in [6.45, 7) is 5.55. The molecule has 0 fully saturated rings. The maximum atomic E-state index is 13.6. The largest absolute Gasteiger partial charge is 0.352 e. The van der Waals surface area contributed by atoms with E-state index < -0.39 is 10.0 Å². The van der Waals surface area contributed by atoms with Gasteiger partial charge in [0.25, 0.3) is 10.0 Å². The lowest BCUT2D eigenvalue weighted by molar-refractivity contribution is -0.120. The Bertz CT molecular complexity index is 1160. The van der Waals surface area contributed by atoms with E-state index in [1.165, 1.54) is 9.87 Å². The molecular formula is C27H32N2O3S. The van der Waals surface area contributed by atoms with E-state index >= 15 is 0 Å². The summed E-state index contributed by atoms with van der Waals surface area (Å²) in [6, 6.07) is 24.1. The van der Waals surface area contributed by atoms with Gasteiger partial charge in [0.1, 0.15) is 6.54 Å². The molecule has 1 N–H and O–H groups in total. The van der Waals surface area contributed by atoms with Gasteiger partial charge in [0.2, 0.25) is 5.91 Å². The standard InChI is InChI=1S/C27H32N2O3S/c1-4-24-12-8-9-13-26(24)29(33(31,32)25-18-14-21(2)15-19-25)20-27(30)28-22(3)16-17-23-10-6-5-7-11-23/h5-15,18-19,22H,4,16-17,20H2,1-3H3,(H,28,30)/t22-/m0/s1. The molecule has 0 radical (unpaired) electrons. The molecule has 1 amide bonds. The molecule has 3 aromatic rings. The van der Waals surface area contributed by atoms with Crippen molar-refractivity contribution in [3.05, 3.63) is 95.6 Å². The summed E-state index contributed by atoms with van der Waals surface area (Å²) in [5, 5.41) is 2.98. The Balaban J connectivity index is 1.81. The normalized spacial score (nSPS) is 12.2. The van der Waals surface area contributed by atoms with Gasteiger partial charge in [0.05, 0.1) is 10.6 Å². The SMILES string of the molecule is CCc1ccccc1N(CC(=O)N[C@@H](C)CCc1ccccc1)S(=O)(=O)c1ccc(C)cc1. The Morgan fingerprint density at radius 2 is 1.58 bits per heavy atom. The second-order valence-corrected chi connectivity index (χ2v) is 10.2. The smallest absolute Gasteiger partial charge is 0.264 e. The number of carbonyl (C=O) groups excluding carboxylic acids is 1. The quantitative estimate of drug-likeness (QED) is 0.465. The predicted molar refractivity (Wildman–Crippen MR) is 134 cm³/mol. The van der Waals surface area contributed by atoms with Crippen LogP contribution in [-0.2, 0) is 27.7 Å². The first-order chi connectivity index (χ1) is 15.8. The van der Waals surface area contributed by atoms with Gasteiger partial charge in [0, 0.05) is 6.04 Å². The van der Waals surface area contributed by atoms with Crippen molar-refractivity contribution in [1.29, 1.82) is 0 Å². The monoisotopic (exact) mass is 464 g/mol. The maximum absolute atomic E-state index is 13.6. The zero-order chi connectivity index (χ0) is 23.8. The minimum atomic E-state index is -3.92. The average Bonchev–Trinajstić information content (AvgIpc) is 2.82. The molecule has 174 valence electrons. The van der Waals surface area contributed by atoms with Crippen molar-refractivity contribution in [2.75, 3.05) is 10.8 Å². The molecular weight excluding hydrogens is 432 g/mol. The molecule has 0 aromatic heterocycles. The first-order valence-corrected chi connectivity index (χ1v) is 12.8. The summed E-state index contributed by atoms with van der Waals surface area (Å²) in [4.78, 5) is 13.1. The number of sulfonamides is 1. The lowest BCUT2D eigenvalue weighted by Crippen LogP contribution is -2.44. The molecule has 0 saturated heterocycles. The molecule has 33 heavy (non-hydrogen) atoms. The van der Waals surface area contributed by atoms with Crippen LogP contribution in [0.25, 0.3) is 0 Å². The molecule has 1 atom stereocenters. The van der Waals surface area contributed by atoms with E-state index in [0.717, 1.165) is 24.0 Å². The fourth-order valence-electron chi connectivity index (χ4n) is 3.74. The number of carbonyl (C=O) groups is 1. The number of anilines is 1. The fraction of sp³-hybridized carbons (Fsp3) is 0.296. The van der Waals surface area contributed by atoms with E-state index in [2.05, 4.69) is 17.4 Å². The van der Waals surface area contributed by atoms with Gasteiger partial charge in [-0.2, -0.15) is 0 Å². The maximum Gasteiger partial charge on any atom is 0.264 e. The summed E-state index contributed by atoms with van der Waals surface area (Å²) in [5.74, 6) is -0.322. The minimum Gasteiger partial charge on any atom is -0.352 e. The molecule has 0 unspecified atom stereocenters. The Hall–Kier alpha value is -3.12. The van der Waals surface area contributed by atoms with Gasteiger partial charge in [-0.15, -0.1) is 0 Å². The van der Waals surface area contributed by atoms with Crippen LogP contribution in [0.2, 0.25) is 0 Å². The molecule has 3 aromatic carbocycles. The zero-order valence-electron chi connectivity index (χ0n) is 19.5. The topological polar surface area (TPSA) is 66.5 Å². The fourth-order valence-corrected chi connectivity index (χ4v) is 5.20.